The molecule has 0 spiro atoms. The van der Waals surface area contributed by atoms with Gasteiger partial charge < -0.3 is 15.0 Å². The van der Waals surface area contributed by atoms with Crippen molar-refractivity contribution in [1.29, 1.82) is 0 Å². The second-order valence-corrected chi connectivity index (χ2v) is 6.02. The first-order chi connectivity index (χ1) is 12.0. The van der Waals surface area contributed by atoms with E-state index >= 15 is 0 Å². The fourth-order valence-corrected chi connectivity index (χ4v) is 2.71. The second kappa shape index (κ2) is 7.21. The lowest BCUT2D eigenvalue weighted by Gasteiger charge is -2.10. The van der Waals surface area contributed by atoms with Crippen LogP contribution >= 0.6 is 0 Å². The van der Waals surface area contributed by atoms with Gasteiger partial charge in [0.1, 0.15) is 6.61 Å². The zero-order chi connectivity index (χ0) is 17.8. The van der Waals surface area contributed by atoms with Crippen molar-refractivity contribution < 1.29 is 9.53 Å². The largest absolute Gasteiger partial charge is 0.443 e. The number of nitrogens with one attached hydrogen (secondary N) is 2. The summed E-state index contributed by atoms with van der Waals surface area (Å²) in [5.41, 5.74) is 3.99. The van der Waals surface area contributed by atoms with Gasteiger partial charge in [0.05, 0.1) is 5.69 Å². The van der Waals surface area contributed by atoms with E-state index in [9.17, 15) is 9.59 Å². The molecule has 0 bridgehead atoms. The van der Waals surface area contributed by atoms with Crippen LogP contribution in [-0.2, 0) is 17.9 Å². The number of fused-ring (bicyclic) bond motifs is 1. The van der Waals surface area contributed by atoms with Gasteiger partial charge in [-0.3, -0.25) is 4.79 Å². The number of hydrogen-bond donors (Lipinski definition) is 2. The van der Waals surface area contributed by atoms with E-state index in [4.69, 9.17) is 4.74 Å². The fraction of sp³-hybridized carbons (Fsp3) is 0.200. The molecule has 0 atom stereocenters. The van der Waals surface area contributed by atoms with Crippen LogP contribution in [-0.4, -0.2) is 11.1 Å². The number of carbonyl (C=O) groups is 1. The van der Waals surface area contributed by atoms with Crippen LogP contribution in [0.2, 0.25) is 0 Å². The number of H-pyrrole nitrogens is 1. The van der Waals surface area contributed by atoms with E-state index in [1.54, 1.807) is 13.0 Å². The highest BCUT2D eigenvalue weighted by Crippen LogP contribution is 2.11. The standard InChI is InChI=1S/C20H20N2O3/c1-13-6-5-7-15(10-13)11-21-20(24)25-12-18-14(2)19(23)16-8-3-4-9-17(16)22-18/h3-10H,11-12H2,1-2H3,(H,21,24)(H,22,23). The summed E-state index contributed by atoms with van der Waals surface area (Å²) in [6, 6.07) is 15.2. The molecular formula is C20H20N2O3. The van der Waals surface area contributed by atoms with Crippen molar-refractivity contribution in [3.63, 3.8) is 0 Å². The number of aromatic amines is 1. The number of hydrogen-bond acceptors (Lipinski definition) is 3. The Morgan fingerprint density at radius 2 is 1.92 bits per heavy atom. The highest BCUT2D eigenvalue weighted by Gasteiger charge is 2.10. The molecule has 2 aromatic carbocycles. The van der Waals surface area contributed by atoms with Crippen LogP contribution in [0.4, 0.5) is 4.79 Å². The summed E-state index contributed by atoms with van der Waals surface area (Å²) in [6.45, 7) is 4.15. The molecule has 1 amide bonds. The van der Waals surface area contributed by atoms with Crippen LogP contribution in [0.1, 0.15) is 22.4 Å². The number of para-hydroxylation sites is 1. The Kier molecular flexibility index (Phi) is 4.84. The first kappa shape index (κ1) is 16.8. The van der Waals surface area contributed by atoms with E-state index in [-0.39, 0.29) is 12.0 Å². The van der Waals surface area contributed by atoms with E-state index in [1.165, 1.54) is 0 Å². The lowest BCUT2D eigenvalue weighted by atomic mass is 10.1. The number of rotatable bonds is 4. The van der Waals surface area contributed by atoms with Gasteiger partial charge in [0.2, 0.25) is 0 Å². The highest BCUT2D eigenvalue weighted by atomic mass is 16.5. The average Bonchev–Trinajstić information content (AvgIpc) is 2.62. The average molecular weight is 336 g/mol. The second-order valence-electron chi connectivity index (χ2n) is 6.02. The van der Waals surface area contributed by atoms with Crippen molar-refractivity contribution in [2.24, 2.45) is 0 Å². The minimum Gasteiger partial charge on any atom is -0.443 e. The first-order valence-electron chi connectivity index (χ1n) is 8.11. The van der Waals surface area contributed by atoms with E-state index in [2.05, 4.69) is 10.3 Å². The minimum atomic E-state index is -0.519. The number of amides is 1. The Morgan fingerprint density at radius 1 is 1.12 bits per heavy atom. The molecule has 3 aromatic rings. The topological polar surface area (TPSA) is 71.2 Å². The zero-order valence-electron chi connectivity index (χ0n) is 14.3. The number of pyridine rings is 1. The molecule has 0 aliphatic rings. The van der Waals surface area contributed by atoms with Gasteiger partial charge in [-0.1, -0.05) is 42.0 Å². The number of benzene rings is 2. The molecule has 128 valence electrons. The first-order valence-corrected chi connectivity index (χ1v) is 8.11. The molecule has 5 heteroatoms. The number of ether oxygens (including phenoxy) is 1. The SMILES string of the molecule is Cc1cccc(CNC(=O)OCc2[nH]c3ccccc3c(=O)c2C)c1. The number of aromatic nitrogens is 1. The molecule has 0 unspecified atom stereocenters. The summed E-state index contributed by atoms with van der Waals surface area (Å²) in [6.07, 6.45) is -0.519. The number of carbonyl (C=O) groups excluding carboxylic acids is 1. The highest BCUT2D eigenvalue weighted by molar-refractivity contribution is 5.79. The van der Waals surface area contributed by atoms with Crippen molar-refractivity contribution >= 4 is 17.0 Å². The summed E-state index contributed by atoms with van der Waals surface area (Å²) in [7, 11) is 0. The van der Waals surface area contributed by atoms with Gasteiger partial charge in [0.25, 0.3) is 0 Å². The Bertz CT molecular complexity index is 976. The molecule has 0 radical (unpaired) electrons. The molecule has 1 aromatic heterocycles. The lowest BCUT2D eigenvalue weighted by Crippen LogP contribution is -2.24. The van der Waals surface area contributed by atoms with E-state index < -0.39 is 6.09 Å². The van der Waals surface area contributed by atoms with Crippen molar-refractivity contribution in [3.05, 3.63) is 81.1 Å². The summed E-state index contributed by atoms with van der Waals surface area (Å²) >= 11 is 0. The molecule has 0 saturated carbocycles. The van der Waals surface area contributed by atoms with Crippen molar-refractivity contribution in [2.75, 3.05) is 0 Å². The van der Waals surface area contributed by atoms with Crippen LogP contribution in [0, 0.1) is 13.8 Å². The quantitative estimate of drug-likeness (QED) is 0.765. The molecular weight excluding hydrogens is 316 g/mol. The molecule has 1 heterocycles. The Hall–Kier alpha value is -3.08. The van der Waals surface area contributed by atoms with Gasteiger partial charge in [-0.15, -0.1) is 0 Å². The third-order valence-corrected chi connectivity index (χ3v) is 4.12. The molecule has 3 rings (SSSR count). The summed E-state index contributed by atoms with van der Waals surface area (Å²) in [5, 5.41) is 3.35. The molecule has 2 N–H and O–H groups in total. The Morgan fingerprint density at radius 3 is 2.72 bits per heavy atom. The Balaban J connectivity index is 1.65. The molecule has 0 fully saturated rings. The molecule has 25 heavy (non-hydrogen) atoms. The fourth-order valence-electron chi connectivity index (χ4n) is 2.71. The predicted octanol–water partition coefficient (Wildman–Crippen LogP) is 3.57. The van der Waals surface area contributed by atoms with Gasteiger partial charge in [-0.05, 0) is 31.5 Å². The normalized spacial score (nSPS) is 10.6. The number of aryl methyl sites for hydroxylation is 1. The third kappa shape index (κ3) is 3.88. The monoisotopic (exact) mass is 336 g/mol. The molecule has 0 aliphatic carbocycles. The van der Waals surface area contributed by atoms with Crippen LogP contribution in [0.5, 0.6) is 0 Å². The van der Waals surface area contributed by atoms with Crippen molar-refractivity contribution in [1.82, 2.24) is 10.3 Å². The van der Waals surface area contributed by atoms with Crippen molar-refractivity contribution in [2.45, 2.75) is 27.0 Å². The number of alkyl carbamates (subject to hydrolysis) is 1. The maximum absolute atomic E-state index is 12.4. The maximum Gasteiger partial charge on any atom is 0.407 e. The minimum absolute atomic E-state index is 0.0194. The molecule has 0 saturated heterocycles. The van der Waals surface area contributed by atoms with Crippen LogP contribution in [0.3, 0.4) is 0 Å². The Labute approximate surface area is 145 Å². The molecule has 0 aliphatic heterocycles. The van der Waals surface area contributed by atoms with Crippen LogP contribution < -0.4 is 10.7 Å². The summed E-state index contributed by atoms with van der Waals surface area (Å²) < 4.78 is 5.24. The van der Waals surface area contributed by atoms with E-state index in [1.807, 2.05) is 49.4 Å². The summed E-state index contributed by atoms with van der Waals surface area (Å²) in [5.74, 6) is 0. The van der Waals surface area contributed by atoms with Gasteiger partial charge in [-0.2, -0.15) is 0 Å². The predicted molar refractivity (Wildman–Crippen MR) is 97.5 cm³/mol. The smallest absolute Gasteiger partial charge is 0.407 e. The van der Waals surface area contributed by atoms with Crippen molar-refractivity contribution in [3.8, 4) is 0 Å². The maximum atomic E-state index is 12.4. The van der Waals surface area contributed by atoms with E-state index in [0.29, 0.717) is 23.2 Å². The van der Waals surface area contributed by atoms with Gasteiger partial charge in [0, 0.05) is 23.0 Å². The summed E-state index contributed by atoms with van der Waals surface area (Å²) in [4.78, 5) is 27.4. The van der Waals surface area contributed by atoms with Gasteiger partial charge in [-0.25, -0.2) is 4.79 Å². The zero-order valence-corrected chi connectivity index (χ0v) is 14.3. The third-order valence-electron chi connectivity index (χ3n) is 4.12. The van der Waals surface area contributed by atoms with Crippen LogP contribution in [0.15, 0.2) is 53.3 Å². The van der Waals surface area contributed by atoms with Gasteiger partial charge in [0.15, 0.2) is 5.43 Å². The van der Waals surface area contributed by atoms with Crippen LogP contribution in [0.25, 0.3) is 10.9 Å². The van der Waals surface area contributed by atoms with Gasteiger partial charge >= 0.3 is 6.09 Å². The lowest BCUT2D eigenvalue weighted by molar-refractivity contribution is 0.137. The molecule has 5 nitrogen and oxygen atoms in total. The van der Waals surface area contributed by atoms with E-state index in [0.717, 1.165) is 16.6 Å².